The van der Waals surface area contributed by atoms with Gasteiger partial charge in [0.1, 0.15) is 11.0 Å². The van der Waals surface area contributed by atoms with Gasteiger partial charge in [0, 0.05) is 13.2 Å². The summed E-state index contributed by atoms with van der Waals surface area (Å²) in [6.07, 6.45) is 4.08. The van der Waals surface area contributed by atoms with Gasteiger partial charge >= 0.3 is 0 Å². The number of aromatic nitrogens is 2. The van der Waals surface area contributed by atoms with Gasteiger partial charge in [0.2, 0.25) is 0 Å². The molecule has 2 heterocycles. The molecule has 2 aromatic rings. The lowest BCUT2D eigenvalue weighted by Crippen LogP contribution is -2.26. The predicted molar refractivity (Wildman–Crippen MR) is 66.2 cm³/mol. The van der Waals surface area contributed by atoms with Crippen molar-refractivity contribution in [3.63, 3.8) is 0 Å². The Morgan fingerprint density at radius 2 is 2.22 bits per heavy atom. The molecular weight excluding hydrogens is 257 g/mol. The number of carbonyl (C=O) groups excluding carboxylic acids is 1. The van der Waals surface area contributed by atoms with Crippen LogP contribution in [0.15, 0.2) is 36.8 Å². The molecule has 0 aromatic carbocycles. The van der Waals surface area contributed by atoms with Crippen LogP contribution in [0, 0.1) is 5.82 Å². The molecule has 0 bridgehead atoms. The molecule has 0 fully saturated rings. The fraction of sp³-hybridized carbons (Fsp3) is 0.0833. The summed E-state index contributed by atoms with van der Waals surface area (Å²) < 4.78 is 13.1. The van der Waals surface area contributed by atoms with Crippen molar-refractivity contribution in [2.75, 3.05) is 11.9 Å². The van der Waals surface area contributed by atoms with Crippen molar-refractivity contribution in [2.24, 2.45) is 0 Å². The summed E-state index contributed by atoms with van der Waals surface area (Å²) in [5, 5.41) is -0.0304. The van der Waals surface area contributed by atoms with E-state index in [9.17, 15) is 9.18 Å². The first kappa shape index (κ1) is 12.4. The Labute approximate surface area is 108 Å². The Morgan fingerprint density at radius 1 is 1.44 bits per heavy atom. The highest BCUT2D eigenvalue weighted by Crippen LogP contribution is 2.19. The van der Waals surface area contributed by atoms with Gasteiger partial charge in [-0.1, -0.05) is 11.6 Å². The van der Waals surface area contributed by atoms with Crippen molar-refractivity contribution in [1.82, 2.24) is 9.97 Å². The minimum atomic E-state index is -0.609. The Morgan fingerprint density at radius 3 is 2.89 bits per heavy atom. The maximum absolute atomic E-state index is 13.1. The van der Waals surface area contributed by atoms with Crippen molar-refractivity contribution in [1.29, 1.82) is 0 Å². The van der Waals surface area contributed by atoms with Crippen LogP contribution in [0.1, 0.15) is 10.4 Å². The fourth-order valence-electron chi connectivity index (χ4n) is 1.42. The first-order chi connectivity index (χ1) is 8.59. The molecule has 4 nitrogen and oxygen atoms in total. The molecule has 0 saturated heterocycles. The average molecular weight is 266 g/mol. The second-order valence-electron chi connectivity index (χ2n) is 3.57. The van der Waals surface area contributed by atoms with Crippen LogP contribution >= 0.6 is 11.6 Å². The third-order valence-corrected chi connectivity index (χ3v) is 2.68. The molecule has 0 aliphatic carbocycles. The molecule has 0 saturated carbocycles. The van der Waals surface area contributed by atoms with Gasteiger partial charge in [0.15, 0.2) is 0 Å². The molecule has 2 rings (SSSR count). The van der Waals surface area contributed by atoms with E-state index >= 15 is 0 Å². The van der Waals surface area contributed by atoms with Crippen LogP contribution in [0.5, 0.6) is 0 Å². The first-order valence-electron chi connectivity index (χ1n) is 5.08. The molecule has 0 unspecified atom stereocenters. The molecule has 0 aliphatic heterocycles. The van der Waals surface area contributed by atoms with Gasteiger partial charge in [-0.25, -0.2) is 9.37 Å². The third-order valence-electron chi connectivity index (χ3n) is 2.37. The molecule has 0 N–H and O–H groups in total. The van der Waals surface area contributed by atoms with Crippen LogP contribution in [-0.2, 0) is 0 Å². The van der Waals surface area contributed by atoms with Crippen molar-refractivity contribution >= 4 is 23.2 Å². The summed E-state index contributed by atoms with van der Waals surface area (Å²) >= 11 is 5.78. The number of anilines is 1. The topological polar surface area (TPSA) is 46.1 Å². The molecule has 0 aliphatic rings. The Hall–Kier alpha value is -2.01. The number of nitrogens with zero attached hydrogens (tertiary/aromatic N) is 3. The number of hydrogen-bond donors (Lipinski definition) is 0. The molecule has 18 heavy (non-hydrogen) atoms. The second-order valence-corrected chi connectivity index (χ2v) is 3.93. The van der Waals surface area contributed by atoms with Gasteiger partial charge in [-0.3, -0.25) is 9.78 Å². The molecular formula is C12H9ClFN3O. The van der Waals surface area contributed by atoms with Crippen LogP contribution < -0.4 is 4.90 Å². The van der Waals surface area contributed by atoms with E-state index in [-0.39, 0.29) is 10.7 Å². The Balaban J connectivity index is 2.34. The molecule has 6 heteroatoms. The van der Waals surface area contributed by atoms with E-state index in [1.807, 2.05) is 0 Å². The molecule has 0 radical (unpaired) electrons. The highest BCUT2D eigenvalue weighted by molar-refractivity contribution is 6.33. The Kier molecular flexibility index (Phi) is 3.53. The SMILES string of the molecule is CN(C(=O)c1cc(F)cnc1Cl)c1cccnc1. The summed E-state index contributed by atoms with van der Waals surface area (Å²) in [4.78, 5) is 21.0. The normalized spacial score (nSPS) is 10.2. The molecule has 1 amide bonds. The van der Waals surface area contributed by atoms with Gasteiger partial charge in [-0.05, 0) is 18.2 Å². The van der Waals surface area contributed by atoms with E-state index in [0.29, 0.717) is 5.69 Å². The van der Waals surface area contributed by atoms with Crippen LogP contribution in [0.4, 0.5) is 10.1 Å². The van der Waals surface area contributed by atoms with E-state index < -0.39 is 11.7 Å². The molecule has 2 aromatic heterocycles. The number of pyridine rings is 2. The Bertz CT molecular complexity index is 577. The van der Waals surface area contributed by atoms with Gasteiger partial charge in [-0.15, -0.1) is 0 Å². The third kappa shape index (κ3) is 2.46. The zero-order valence-corrected chi connectivity index (χ0v) is 10.2. The standard InChI is InChI=1S/C12H9ClFN3O/c1-17(9-3-2-4-15-7-9)12(18)10-5-8(14)6-16-11(10)13/h2-7H,1H3. The van der Waals surface area contributed by atoms with Gasteiger partial charge < -0.3 is 4.90 Å². The van der Waals surface area contributed by atoms with Crippen molar-refractivity contribution in [2.45, 2.75) is 0 Å². The van der Waals surface area contributed by atoms with Gasteiger partial charge in [0.05, 0.1) is 23.6 Å². The van der Waals surface area contributed by atoms with Crippen molar-refractivity contribution < 1.29 is 9.18 Å². The minimum Gasteiger partial charge on any atom is -0.310 e. The maximum Gasteiger partial charge on any atom is 0.261 e. The van der Waals surface area contributed by atoms with E-state index in [1.54, 1.807) is 25.4 Å². The summed E-state index contributed by atoms with van der Waals surface area (Å²) in [6, 6.07) is 4.47. The summed E-state index contributed by atoms with van der Waals surface area (Å²) in [7, 11) is 1.56. The van der Waals surface area contributed by atoms with Crippen LogP contribution in [0.3, 0.4) is 0 Å². The van der Waals surface area contributed by atoms with Gasteiger partial charge in [-0.2, -0.15) is 0 Å². The van der Waals surface area contributed by atoms with Crippen LogP contribution in [0.2, 0.25) is 5.15 Å². The second kappa shape index (κ2) is 5.10. The predicted octanol–water partition coefficient (Wildman–Crippen LogP) is 2.55. The van der Waals surface area contributed by atoms with E-state index in [2.05, 4.69) is 9.97 Å². The smallest absolute Gasteiger partial charge is 0.261 e. The monoisotopic (exact) mass is 265 g/mol. The average Bonchev–Trinajstić information content (AvgIpc) is 2.41. The fourth-order valence-corrected chi connectivity index (χ4v) is 1.61. The summed E-state index contributed by atoms with van der Waals surface area (Å²) in [6.45, 7) is 0. The summed E-state index contributed by atoms with van der Waals surface area (Å²) in [5.74, 6) is -1.05. The van der Waals surface area contributed by atoms with Crippen molar-refractivity contribution in [3.05, 3.63) is 53.3 Å². The quantitative estimate of drug-likeness (QED) is 0.784. The number of carbonyl (C=O) groups is 1. The van der Waals surface area contributed by atoms with E-state index in [1.165, 1.54) is 11.1 Å². The van der Waals surface area contributed by atoms with Crippen LogP contribution in [0.25, 0.3) is 0 Å². The van der Waals surface area contributed by atoms with E-state index in [0.717, 1.165) is 12.3 Å². The maximum atomic E-state index is 13.1. The largest absolute Gasteiger partial charge is 0.310 e. The highest BCUT2D eigenvalue weighted by Gasteiger charge is 2.18. The van der Waals surface area contributed by atoms with Crippen LogP contribution in [-0.4, -0.2) is 22.9 Å². The van der Waals surface area contributed by atoms with E-state index in [4.69, 9.17) is 11.6 Å². The lowest BCUT2D eigenvalue weighted by molar-refractivity contribution is 0.0992. The lowest BCUT2D eigenvalue weighted by Gasteiger charge is -2.17. The number of hydrogen-bond acceptors (Lipinski definition) is 3. The molecule has 0 atom stereocenters. The molecule has 0 spiro atoms. The van der Waals surface area contributed by atoms with Crippen molar-refractivity contribution in [3.8, 4) is 0 Å². The lowest BCUT2D eigenvalue weighted by atomic mass is 10.2. The number of rotatable bonds is 2. The summed E-state index contributed by atoms with van der Waals surface area (Å²) in [5.41, 5.74) is 0.603. The first-order valence-corrected chi connectivity index (χ1v) is 5.46. The minimum absolute atomic E-state index is 0.0167. The highest BCUT2D eigenvalue weighted by atomic mass is 35.5. The zero-order chi connectivity index (χ0) is 13.1. The number of amides is 1. The zero-order valence-electron chi connectivity index (χ0n) is 9.47. The number of halogens is 2. The van der Waals surface area contributed by atoms with Gasteiger partial charge in [0.25, 0.3) is 5.91 Å². The molecule has 92 valence electrons.